The first kappa shape index (κ1) is 54.8. The van der Waals surface area contributed by atoms with Crippen LogP contribution < -0.4 is 34.5 Å². The third-order valence-corrected chi connectivity index (χ3v) is 10.2. The zero-order valence-electron chi connectivity index (χ0n) is 35.5. The van der Waals surface area contributed by atoms with Crippen molar-refractivity contribution in [1.82, 2.24) is 0 Å². The van der Waals surface area contributed by atoms with E-state index in [9.17, 15) is 19.0 Å². The van der Waals surface area contributed by atoms with Crippen LogP contribution in [-0.2, 0) is 32.7 Å². The standard InChI is InChI=1S/C42H82NO8P.Na/c1-6-8-10-12-14-16-18-20-21-23-25-27-29-31-33-35-42(45)51-40(39-50-52(46,47)49-37-36-43(3,4)5)38-48-41(44)34-32-30-28-26-24-22-19-17-15-13-11-9-7-2;/h20-21,40H,6-19,22-39H2,1-5H3;/q;+1/b21-20-;. The Labute approximate surface area is 349 Å². The fourth-order valence-electron chi connectivity index (χ4n) is 5.88. The van der Waals surface area contributed by atoms with Crippen LogP contribution in [0.2, 0.25) is 0 Å². The summed E-state index contributed by atoms with van der Waals surface area (Å²) < 4.78 is 33.8. The number of phosphoric ester groups is 1. The second kappa shape index (κ2) is 38.6. The molecule has 0 aromatic carbocycles. The molecule has 0 radical (unpaired) electrons. The van der Waals surface area contributed by atoms with Gasteiger partial charge in [-0.25, -0.2) is 0 Å². The van der Waals surface area contributed by atoms with Gasteiger partial charge in [0.1, 0.15) is 19.8 Å². The van der Waals surface area contributed by atoms with Gasteiger partial charge in [0.25, 0.3) is 7.82 Å². The SMILES string of the molecule is CCCCCCCC/C=C\CCCCCCCC(=O)OC(COC(=O)CCCCCCCCCCCCCCC)COP(=O)([O-])OCC[N+](C)(C)C.[Na+]. The predicted molar refractivity (Wildman–Crippen MR) is 213 cm³/mol. The average Bonchev–Trinajstić information content (AvgIpc) is 3.09. The van der Waals surface area contributed by atoms with Crippen LogP contribution >= 0.6 is 7.82 Å². The molecule has 0 saturated carbocycles. The largest absolute Gasteiger partial charge is 1.00 e. The van der Waals surface area contributed by atoms with Crippen molar-refractivity contribution in [1.29, 1.82) is 0 Å². The number of phosphoric acid groups is 1. The topological polar surface area (TPSA) is 111 Å². The number of rotatable bonds is 39. The van der Waals surface area contributed by atoms with Gasteiger partial charge in [-0.1, -0.05) is 154 Å². The Bertz CT molecular complexity index is 914. The molecule has 0 spiro atoms. The van der Waals surface area contributed by atoms with Gasteiger partial charge in [0, 0.05) is 12.8 Å². The average molecular weight is 783 g/mol. The number of unbranched alkanes of at least 4 members (excludes halogenated alkanes) is 23. The molecule has 0 amide bonds. The number of likely N-dealkylation sites (N-methyl/N-ethyl adjacent to an activating group) is 1. The number of quaternary nitrogens is 1. The second-order valence-electron chi connectivity index (χ2n) is 15.7. The summed E-state index contributed by atoms with van der Waals surface area (Å²) >= 11 is 0. The van der Waals surface area contributed by atoms with Crippen molar-refractivity contribution in [3.05, 3.63) is 12.2 Å². The van der Waals surface area contributed by atoms with Gasteiger partial charge in [-0.15, -0.1) is 0 Å². The monoisotopic (exact) mass is 783 g/mol. The Morgan fingerprint density at radius 1 is 0.585 bits per heavy atom. The fourth-order valence-corrected chi connectivity index (χ4v) is 6.61. The molecule has 9 nitrogen and oxygen atoms in total. The predicted octanol–water partition coefficient (Wildman–Crippen LogP) is 8.17. The second-order valence-corrected chi connectivity index (χ2v) is 17.1. The van der Waals surface area contributed by atoms with Gasteiger partial charge in [-0.2, -0.15) is 0 Å². The molecule has 0 fully saturated rings. The van der Waals surface area contributed by atoms with E-state index in [0.717, 1.165) is 51.4 Å². The fraction of sp³-hybridized carbons (Fsp3) is 0.905. The van der Waals surface area contributed by atoms with Gasteiger partial charge < -0.3 is 27.9 Å². The summed E-state index contributed by atoms with van der Waals surface area (Å²) in [6.07, 6.45) is 35.1. The van der Waals surface area contributed by atoms with Crippen LogP contribution in [0.25, 0.3) is 0 Å². The number of nitrogens with zero attached hydrogens (tertiary/aromatic N) is 1. The van der Waals surface area contributed by atoms with Crippen molar-refractivity contribution in [3.8, 4) is 0 Å². The molecule has 0 aromatic rings. The van der Waals surface area contributed by atoms with E-state index in [1.54, 1.807) is 0 Å². The molecule has 0 bridgehead atoms. The first-order valence-electron chi connectivity index (χ1n) is 21.4. The quantitative estimate of drug-likeness (QED) is 0.0153. The van der Waals surface area contributed by atoms with E-state index in [-0.39, 0.29) is 61.6 Å². The van der Waals surface area contributed by atoms with Crippen LogP contribution in [0.5, 0.6) is 0 Å². The Kier molecular flexibility index (Phi) is 40.0. The van der Waals surface area contributed by atoms with Crippen molar-refractivity contribution in [3.63, 3.8) is 0 Å². The van der Waals surface area contributed by atoms with E-state index in [2.05, 4.69) is 26.0 Å². The molecule has 0 aliphatic rings. The van der Waals surface area contributed by atoms with Crippen LogP contribution in [0.15, 0.2) is 12.2 Å². The Hall–Kier alpha value is -0.250. The summed E-state index contributed by atoms with van der Waals surface area (Å²) in [5.74, 6) is -0.837. The molecule has 11 heteroatoms. The molecule has 308 valence electrons. The molecular formula is C42H82NNaO8P+. The maximum Gasteiger partial charge on any atom is 1.00 e. The molecule has 0 aliphatic heterocycles. The van der Waals surface area contributed by atoms with Gasteiger partial charge in [0.15, 0.2) is 6.10 Å². The minimum Gasteiger partial charge on any atom is -0.756 e. The van der Waals surface area contributed by atoms with Gasteiger partial charge in [0.05, 0.1) is 27.7 Å². The van der Waals surface area contributed by atoms with Gasteiger partial charge >= 0.3 is 41.5 Å². The van der Waals surface area contributed by atoms with Crippen LogP contribution in [0, 0.1) is 0 Å². The van der Waals surface area contributed by atoms with Crippen LogP contribution in [0.4, 0.5) is 0 Å². The summed E-state index contributed by atoms with van der Waals surface area (Å²) in [6.45, 7) is 4.22. The van der Waals surface area contributed by atoms with E-state index in [4.69, 9.17) is 18.5 Å². The van der Waals surface area contributed by atoms with Crippen molar-refractivity contribution in [2.24, 2.45) is 0 Å². The van der Waals surface area contributed by atoms with Crippen molar-refractivity contribution < 1.29 is 71.6 Å². The molecule has 53 heavy (non-hydrogen) atoms. The third kappa shape index (κ3) is 42.7. The number of ether oxygens (including phenoxy) is 2. The zero-order chi connectivity index (χ0) is 38.6. The van der Waals surface area contributed by atoms with Gasteiger partial charge in [0.2, 0.25) is 0 Å². The summed E-state index contributed by atoms with van der Waals surface area (Å²) in [4.78, 5) is 37.4. The first-order valence-corrected chi connectivity index (χ1v) is 22.9. The van der Waals surface area contributed by atoms with E-state index < -0.39 is 26.5 Å². The number of hydrogen-bond acceptors (Lipinski definition) is 8. The number of carbonyl (C=O) groups is 2. The van der Waals surface area contributed by atoms with Gasteiger partial charge in [-0.05, 0) is 38.5 Å². The number of allylic oxidation sites excluding steroid dienone is 2. The van der Waals surface area contributed by atoms with Gasteiger partial charge in [-0.3, -0.25) is 14.2 Å². The maximum atomic E-state index is 12.6. The summed E-state index contributed by atoms with van der Waals surface area (Å²) in [7, 11) is 1.17. The molecule has 2 unspecified atom stereocenters. The molecule has 2 atom stereocenters. The Balaban J connectivity index is 0. The van der Waals surface area contributed by atoms with E-state index >= 15 is 0 Å². The number of hydrogen-bond donors (Lipinski definition) is 0. The zero-order valence-corrected chi connectivity index (χ0v) is 38.4. The molecule has 0 aromatic heterocycles. The minimum absolute atomic E-state index is 0. The van der Waals surface area contributed by atoms with E-state index in [1.807, 2.05) is 21.1 Å². The Morgan fingerprint density at radius 3 is 1.42 bits per heavy atom. The van der Waals surface area contributed by atoms with Crippen molar-refractivity contribution in [2.45, 2.75) is 200 Å². The summed E-state index contributed by atoms with van der Waals surface area (Å²) in [6, 6.07) is 0. The summed E-state index contributed by atoms with van der Waals surface area (Å²) in [5, 5.41) is 0. The Morgan fingerprint density at radius 2 is 0.981 bits per heavy atom. The summed E-state index contributed by atoms with van der Waals surface area (Å²) in [5.41, 5.74) is 0. The smallest absolute Gasteiger partial charge is 0.756 e. The molecule has 0 heterocycles. The first-order chi connectivity index (χ1) is 25.0. The van der Waals surface area contributed by atoms with Crippen molar-refractivity contribution in [2.75, 3.05) is 47.5 Å². The molecule has 0 N–H and O–H groups in total. The van der Waals surface area contributed by atoms with Crippen LogP contribution in [-0.4, -0.2) is 70.0 Å². The number of esters is 2. The molecule has 0 saturated heterocycles. The molecular weight excluding hydrogens is 700 g/mol. The van der Waals surface area contributed by atoms with Crippen LogP contribution in [0.3, 0.4) is 0 Å². The molecule has 0 rings (SSSR count). The normalized spacial score (nSPS) is 13.5. The number of carbonyl (C=O) groups excluding carboxylic acids is 2. The van der Waals surface area contributed by atoms with Crippen molar-refractivity contribution >= 4 is 19.8 Å². The van der Waals surface area contributed by atoms with Crippen LogP contribution in [0.1, 0.15) is 194 Å². The third-order valence-electron chi connectivity index (χ3n) is 9.29. The van der Waals surface area contributed by atoms with E-state index in [0.29, 0.717) is 17.4 Å². The minimum atomic E-state index is -4.62. The maximum absolute atomic E-state index is 12.6. The van der Waals surface area contributed by atoms with E-state index in [1.165, 1.54) is 109 Å². The molecule has 0 aliphatic carbocycles.